The second-order valence-electron chi connectivity index (χ2n) is 2.86. The second-order valence-corrected chi connectivity index (χ2v) is 2.86. The Morgan fingerprint density at radius 2 is 2.21 bits per heavy atom. The number of nitrogens with zero attached hydrogens (tertiary/aromatic N) is 1. The number of benzene rings is 1. The van der Waals surface area contributed by atoms with Crippen molar-refractivity contribution >= 4 is 17.0 Å². The lowest BCUT2D eigenvalue weighted by Gasteiger charge is -2.01. The number of halogens is 1. The Hall–Kier alpha value is -1.84. The molecule has 0 amide bonds. The number of carbonyl (C=O) groups is 1. The van der Waals surface area contributed by atoms with Gasteiger partial charge in [0.1, 0.15) is 5.82 Å². The van der Waals surface area contributed by atoms with Crippen molar-refractivity contribution in [3.05, 3.63) is 36.3 Å². The molecule has 0 bridgehead atoms. The van der Waals surface area contributed by atoms with Crippen LogP contribution < -0.4 is 0 Å². The van der Waals surface area contributed by atoms with E-state index >= 15 is 0 Å². The van der Waals surface area contributed by atoms with Gasteiger partial charge in [0.15, 0.2) is 0 Å². The standard InChI is InChI=1S/C10H8FNO2/c1-14-10(13)12-5-4-7-2-3-8(11)6-9(7)12/h2-6H,1H3. The highest BCUT2D eigenvalue weighted by Crippen LogP contribution is 2.17. The molecule has 0 aliphatic rings. The number of hydrogen-bond donors (Lipinski definition) is 0. The van der Waals surface area contributed by atoms with E-state index in [1.54, 1.807) is 18.3 Å². The molecule has 0 radical (unpaired) electrons. The molecular weight excluding hydrogens is 185 g/mol. The van der Waals surface area contributed by atoms with Gasteiger partial charge < -0.3 is 4.74 Å². The van der Waals surface area contributed by atoms with Crippen molar-refractivity contribution in [2.24, 2.45) is 0 Å². The van der Waals surface area contributed by atoms with Crippen LogP contribution in [0.4, 0.5) is 9.18 Å². The zero-order chi connectivity index (χ0) is 10.1. The Labute approximate surface area is 79.7 Å². The normalized spacial score (nSPS) is 10.4. The lowest BCUT2D eigenvalue weighted by atomic mass is 10.2. The summed E-state index contributed by atoms with van der Waals surface area (Å²) in [5, 5.41) is 0.803. The predicted octanol–water partition coefficient (Wildman–Crippen LogP) is 2.39. The molecule has 0 unspecified atom stereocenters. The van der Waals surface area contributed by atoms with E-state index in [0.29, 0.717) is 5.52 Å². The molecule has 0 aliphatic carbocycles. The molecule has 2 aromatic rings. The first-order chi connectivity index (χ1) is 6.72. The first-order valence-electron chi connectivity index (χ1n) is 4.07. The van der Waals surface area contributed by atoms with E-state index in [2.05, 4.69) is 4.74 Å². The van der Waals surface area contributed by atoms with E-state index in [1.165, 1.54) is 23.8 Å². The lowest BCUT2D eigenvalue weighted by Crippen LogP contribution is -2.09. The van der Waals surface area contributed by atoms with Gasteiger partial charge in [-0.25, -0.2) is 9.18 Å². The minimum Gasteiger partial charge on any atom is -0.452 e. The van der Waals surface area contributed by atoms with Gasteiger partial charge in [-0.15, -0.1) is 0 Å². The van der Waals surface area contributed by atoms with Gasteiger partial charge in [-0.1, -0.05) is 0 Å². The average molecular weight is 193 g/mol. The lowest BCUT2D eigenvalue weighted by molar-refractivity contribution is 0.174. The Morgan fingerprint density at radius 3 is 2.93 bits per heavy atom. The molecular formula is C10H8FNO2. The zero-order valence-corrected chi connectivity index (χ0v) is 7.53. The van der Waals surface area contributed by atoms with Crippen molar-refractivity contribution in [3.8, 4) is 0 Å². The van der Waals surface area contributed by atoms with Gasteiger partial charge in [0.05, 0.1) is 12.6 Å². The summed E-state index contributed by atoms with van der Waals surface area (Å²) in [4.78, 5) is 11.2. The van der Waals surface area contributed by atoms with Gasteiger partial charge in [0.25, 0.3) is 0 Å². The highest BCUT2D eigenvalue weighted by Gasteiger charge is 2.08. The molecule has 0 atom stereocenters. The molecule has 0 aliphatic heterocycles. The van der Waals surface area contributed by atoms with Crippen molar-refractivity contribution in [2.75, 3.05) is 7.11 Å². The summed E-state index contributed by atoms with van der Waals surface area (Å²) in [7, 11) is 1.29. The topological polar surface area (TPSA) is 31.2 Å². The maximum absolute atomic E-state index is 12.9. The molecule has 0 saturated carbocycles. The first-order valence-corrected chi connectivity index (χ1v) is 4.07. The molecule has 0 N–H and O–H groups in total. The van der Waals surface area contributed by atoms with Gasteiger partial charge in [0.2, 0.25) is 0 Å². The Morgan fingerprint density at radius 1 is 1.43 bits per heavy atom. The van der Waals surface area contributed by atoms with E-state index in [4.69, 9.17) is 0 Å². The Kier molecular flexibility index (Phi) is 1.96. The first kappa shape index (κ1) is 8.74. The van der Waals surface area contributed by atoms with Gasteiger partial charge in [-0.05, 0) is 24.3 Å². The third-order valence-electron chi connectivity index (χ3n) is 2.03. The number of carbonyl (C=O) groups excluding carboxylic acids is 1. The van der Waals surface area contributed by atoms with Gasteiger partial charge in [-0.3, -0.25) is 4.57 Å². The van der Waals surface area contributed by atoms with Crippen molar-refractivity contribution in [3.63, 3.8) is 0 Å². The minimum absolute atomic E-state index is 0.374. The van der Waals surface area contributed by atoms with Crippen LogP contribution in [0.5, 0.6) is 0 Å². The Balaban J connectivity index is 2.67. The van der Waals surface area contributed by atoms with E-state index < -0.39 is 6.09 Å². The number of fused-ring (bicyclic) bond motifs is 1. The van der Waals surface area contributed by atoms with E-state index in [0.717, 1.165) is 5.39 Å². The van der Waals surface area contributed by atoms with Crippen LogP contribution >= 0.6 is 0 Å². The minimum atomic E-state index is -0.523. The summed E-state index contributed by atoms with van der Waals surface area (Å²) in [6.07, 6.45) is 1.03. The van der Waals surface area contributed by atoms with Crippen LogP contribution in [0.25, 0.3) is 10.9 Å². The fourth-order valence-corrected chi connectivity index (χ4v) is 1.36. The fraction of sp³-hybridized carbons (Fsp3) is 0.100. The molecule has 1 aromatic carbocycles. The van der Waals surface area contributed by atoms with Crippen molar-refractivity contribution in [2.45, 2.75) is 0 Å². The molecule has 3 nitrogen and oxygen atoms in total. The van der Waals surface area contributed by atoms with E-state index in [-0.39, 0.29) is 5.82 Å². The van der Waals surface area contributed by atoms with Gasteiger partial charge in [0, 0.05) is 11.6 Å². The number of methoxy groups -OCH3 is 1. The molecule has 4 heteroatoms. The van der Waals surface area contributed by atoms with Crippen LogP contribution in [0.2, 0.25) is 0 Å². The van der Waals surface area contributed by atoms with E-state index in [9.17, 15) is 9.18 Å². The summed E-state index contributed by atoms with van der Waals surface area (Å²) < 4.78 is 18.7. The van der Waals surface area contributed by atoms with Crippen LogP contribution in [0.15, 0.2) is 30.5 Å². The average Bonchev–Trinajstić information content (AvgIpc) is 2.59. The number of rotatable bonds is 0. The summed E-state index contributed by atoms with van der Waals surface area (Å²) in [5.41, 5.74) is 0.511. The third kappa shape index (κ3) is 1.25. The number of ether oxygens (including phenoxy) is 1. The molecule has 0 saturated heterocycles. The number of hydrogen-bond acceptors (Lipinski definition) is 2. The molecule has 1 aromatic heterocycles. The summed E-state index contributed by atoms with van der Waals surface area (Å²) >= 11 is 0. The van der Waals surface area contributed by atoms with E-state index in [1.807, 2.05) is 0 Å². The monoisotopic (exact) mass is 193 g/mol. The molecule has 0 fully saturated rings. The predicted molar refractivity (Wildman–Crippen MR) is 49.7 cm³/mol. The van der Waals surface area contributed by atoms with Gasteiger partial charge >= 0.3 is 6.09 Å². The summed E-state index contributed by atoms with van der Waals surface area (Å²) in [6.45, 7) is 0. The summed E-state index contributed by atoms with van der Waals surface area (Å²) in [6, 6.07) is 5.99. The molecule has 2 rings (SSSR count). The second kappa shape index (κ2) is 3.14. The van der Waals surface area contributed by atoms with Crippen molar-refractivity contribution in [1.82, 2.24) is 4.57 Å². The molecule has 14 heavy (non-hydrogen) atoms. The van der Waals surface area contributed by atoms with Crippen LogP contribution in [0.1, 0.15) is 0 Å². The third-order valence-corrected chi connectivity index (χ3v) is 2.03. The Bertz CT molecular complexity index is 490. The molecule has 72 valence electrons. The smallest absolute Gasteiger partial charge is 0.418 e. The zero-order valence-electron chi connectivity index (χ0n) is 7.53. The summed E-state index contributed by atoms with van der Waals surface area (Å²) in [5.74, 6) is -0.374. The highest BCUT2D eigenvalue weighted by molar-refractivity contribution is 5.89. The fourth-order valence-electron chi connectivity index (χ4n) is 1.36. The SMILES string of the molecule is COC(=O)n1ccc2ccc(F)cc21. The van der Waals surface area contributed by atoms with Gasteiger partial charge in [-0.2, -0.15) is 0 Å². The molecule has 1 heterocycles. The maximum Gasteiger partial charge on any atom is 0.418 e. The van der Waals surface area contributed by atoms with Crippen molar-refractivity contribution in [1.29, 1.82) is 0 Å². The van der Waals surface area contributed by atoms with Crippen LogP contribution in [0, 0.1) is 5.82 Å². The number of aromatic nitrogens is 1. The van der Waals surface area contributed by atoms with Crippen LogP contribution in [0.3, 0.4) is 0 Å². The van der Waals surface area contributed by atoms with Crippen LogP contribution in [-0.2, 0) is 4.74 Å². The van der Waals surface area contributed by atoms with Crippen molar-refractivity contribution < 1.29 is 13.9 Å². The highest BCUT2D eigenvalue weighted by atomic mass is 19.1. The quantitative estimate of drug-likeness (QED) is 0.643. The van der Waals surface area contributed by atoms with Crippen LogP contribution in [-0.4, -0.2) is 17.8 Å². The largest absolute Gasteiger partial charge is 0.452 e. The molecule has 0 spiro atoms. The maximum atomic E-state index is 12.9.